The van der Waals surface area contributed by atoms with Crippen molar-refractivity contribution in [1.29, 1.82) is 0 Å². The monoisotopic (exact) mass is 463 g/mol. The summed E-state index contributed by atoms with van der Waals surface area (Å²) in [6.07, 6.45) is 0.560. The van der Waals surface area contributed by atoms with Gasteiger partial charge in [-0.2, -0.15) is 4.31 Å². The molecule has 1 atom stereocenters. The Balaban J connectivity index is 1.60. The van der Waals surface area contributed by atoms with Crippen molar-refractivity contribution in [2.45, 2.75) is 19.5 Å². The molecule has 2 aromatic rings. The van der Waals surface area contributed by atoms with E-state index < -0.39 is 23.1 Å². The molecule has 2 aromatic carbocycles. The van der Waals surface area contributed by atoms with Crippen molar-refractivity contribution >= 4 is 17.2 Å². The number of ether oxygens (including phenoxy) is 1. The summed E-state index contributed by atoms with van der Waals surface area (Å²) in [6, 6.07) is 12.2. The molecule has 1 fully saturated rings. The summed E-state index contributed by atoms with van der Waals surface area (Å²) >= 11 is -2.25. The topological polar surface area (TPSA) is 73.3 Å². The molecule has 0 aliphatic carbocycles. The van der Waals surface area contributed by atoms with Crippen LogP contribution in [0.1, 0.15) is 27.0 Å². The van der Waals surface area contributed by atoms with Crippen molar-refractivity contribution < 1.29 is 22.7 Å². The van der Waals surface area contributed by atoms with E-state index in [-0.39, 0.29) is 17.7 Å². The van der Waals surface area contributed by atoms with Crippen molar-refractivity contribution in [3.05, 3.63) is 70.5 Å². The Labute approximate surface area is 191 Å². The second-order valence-electron chi connectivity index (χ2n) is 8.04. The second kappa shape index (κ2) is 11.6. The minimum Gasteiger partial charge on any atom is -0.465 e. The number of hydrogen-bond donors (Lipinski definition) is 1. The smallest absolute Gasteiger partial charge is 0.337 e. The summed E-state index contributed by atoms with van der Waals surface area (Å²) in [5.41, 5.74) is 2.62. The van der Waals surface area contributed by atoms with Gasteiger partial charge >= 0.3 is 5.97 Å². The van der Waals surface area contributed by atoms with Crippen molar-refractivity contribution in [2.24, 2.45) is 0 Å². The van der Waals surface area contributed by atoms with Crippen LogP contribution in [-0.2, 0) is 35.5 Å². The van der Waals surface area contributed by atoms with Crippen molar-refractivity contribution in [3.8, 4) is 0 Å². The van der Waals surface area contributed by atoms with Crippen LogP contribution in [0.5, 0.6) is 0 Å². The van der Waals surface area contributed by atoms with Gasteiger partial charge < -0.3 is 9.64 Å². The lowest BCUT2D eigenvalue weighted by Gasteiger charge is -2.32. The summed E-state index contributed by atoms with van der Waals surface area (Å²) in [5, 5.41) is 0. The summed E-state index contributed by atoms with van der Waals surface area (Å²) in [5.74, 6) is -1.24. The Morgan fingerprint density at radius 2 is 1.88 bits per heavy atom. The summed E-state index contributed by atoms with van der Waals surface area (Å²) in [4.78, 5) is 16.3. The molecule has 0 radical (unpaired) electrons. The van der Waals surface area contributed by atoms with Gasteiger partial charge in [0.05, 0.1) is 12.7 Å². The first-order chi connectivity index (χ1) is 15.4. The van der Waals surface area contributed by atoms with Crippen LogP contribution in [0.15, 0.2) is 42.5 Å². The Kier molecular flexibility index (Phi) is 8.89. The lowest BCUT2D eigenvalue weighted by atomic mass is 10.1. The lowest BCUT2D eigenvalue weighted by molar-refractivity contribution is 0.0600. The summed E-state index contributed by atoms with van der Waals surface area (Å²) < 4.78 is 41.8. The fourth-order valence-electron chi connectivity index (χ4n) is 3.72. The normalized spacial score (nSPS) is 16.3. The number of halogens is 1. The minimum absolute atomic E-state index is 0.0443. The van der Waals surface area contributed by atoms with E-state index in [9.17, 15) is 17.9 Å². The Morgan fingerprint density at radius 1 is 1.16 bits per heavy atom. The number of nitrogens with zero attached hydrogens (tertiary/aromatic N) is 3. The van der Waals surface area contributed by atoms with Gasteiger partial charge in [0.2, 0.25) is 11.3 Å². The third kappa shape index (κ3) is 6.91. The number of likely N-dealkylation sites (N-methyl/N-ethyl adjacent to an activating group) is 1. The zero-order chi connectivity index (χ0) is 23.1. The molecular weight excluding hydrogens is 433 g/mol. The minimum atomic E-state index is -2.25. The molecule has 32 heavy (non-hydrogen) atoms. The highest BCUT2D eigenvalue weighted by atomic mass is 32.2. The van der Waals surface area contributed by atoms with E-state index in [0.717, 1.165) is 44.4 Å². The standard InChI is InChI=1S/C23H30FN3O4S/c1-25-10-12-26(13-11-25)16-19-5-3-4-18(14-19)8-9-27(32(29)30)17-21-7-6-20(15-22(21)24)23(28)31-2/h3-7,14-15H,8-13,16-17H2,1-2H3,(H,29,30). The number of carbonyl (C=O) groups excluding carboxylic acids is 1. The largest absolute Gasteiger partial charge is 0.465 e. The van der Waals surface area contributed by atoms with Gasteiger partial charge in [-0.05, 0) is 36.7 Å². The van der Waals surface area contributed by atoms with Crippen LogP contribution in [0.4, 0.5) is 4.39 Å². The molecule has 1 saturated heterocycles. The lowest BCUT2D eigenvalue weighted by Crippen LogP contribution is -2.43. The van der Waals surface area contributed by atoms with Crippen LogP contribution >= 0.6 is 0 Å². The zero-order valence-corrected chi connectivity index (χ0v) is 19.3. The van der Waals surface area contributed by atoms with Crippen LogP contribution in [0.2, 0.25) is 0 Å². The fourth-order valence-corrected chi connectivity index (χ4v) is 4.22. The van der Waals surface area contributed by atoms with Crippen LogP contribution in [-0.4, -0.2) is 75.7 Å². The van der Waals surface area contributed by atoms with Gasteiger partial charge in [0.1, 0.15) is 5.82 Å². The maximum atomic E-state index is 14.4. The molecule has 0 bridgehead atoms. The van der Waals surface area contributed by atoms with Crippen LogP contribution in [0.25, 0.3) is 0 Å². The molecule has 1 aliphatic heterocycles. The molecule has 174 valence electrons. The summed E-state index contributed by atoms with van der Waals surface area (Å²) in [6.45, 7) is 5.34. The maximum absolute atomic E-state index is 14.4. The molecule has 1 aliphatic rings. The van der Waals surface area contributed by atoms with Crippen molar-refractivity contribution in [2.75, 3.05) is 46.9 Å². The second-order valence-corrected chi connectivity index (χ2v) is 9.02. The van der Waals surface area contributed by atoms with Gasteiger partial charge in [-0.3, -0.25) is 9.45 Å². The maximum Gasteiger partial charge on any atom is 0.337 e. The molecule has 0 spiro atoms. The number of methoxy groups -OCH3 is 1. The molecule has 3 rings (SSSR count). The van der Waals surface area contributed by atoms with Gasteiger partial charge in [0, 0.05) is 51.4 Å². The zero-order valence-electron chi connectivity index (χ0n) is 18.5. The molecule has 1 N–H and O–H groups in total. The van der Waals surface area contributed by atoms with E-state index in [4.69, 9.17) is 0 Å². The highest BCUT2D eigenvalue weighted by Gasteiger charge is 2.17. The quantitative estimate of drug-likeness (QED) is 0.455. The fraction of sp³-hybridized carbons (Fsp3) is 0.435. The first-order valence-corrected chi connectivity index (χ1v) is 11.6. The van der Waals surface area contributed by atoms with E-state index in [0.29, 0.717) is 13.0 Å². The third-order valence-corrected chi connectivity index (χ3v) is 6.44. The van der Waals surface area contributed by atoms with Gasteiger partial charge in [0.15, 0.2) is 0 Å². The number of benzene rings is 2. The van der Waals surface area contributed by atoms with Crippen molar-refractivity contribution in [1.82, 2.24) is 14.1 Å². The highest BCUT2D eigenvalue weighted by Crippen LogP contribution is 2.16. The third-order valence-electron chi connectivity index (χ3n) is 5.69. The Bertz CT molecular complexity index is 951. The molecule has 1 unspecified atom stereocenters. The number of rotatable bonds is 9. The number of hydrogen-bond acceptors (Lipinski definition) is 5. The van der Waals surface area contributed by atoms with E-state index in [1.54, 1.807) is 0 Å². The van der Waals surface area contributed by atoms with E-state index >= 15 is 0 Å². The molecule has 0 aromatic heterocycles. The summed E-state index contributed by atoms with van der Waals surface area (Å²) in [7, 11) is 3.36. The molecular formula is C23H30FN3O4S. The number of esters is 1. The Hall–Kier alpha value is -2.17. The average Bonchev–Trinajstić information content (AvgIpc) is 2.78. The van der Waals surface area contributed by atoms with Gasteiger partial charge in [-0.1, -0.05) is 30.3 Å². The van der Waals surface area contributed by atoms with Gasteiger partial charge in [-0.15, -0.1) is 0 Å². The van der Waals surface area contributed by atoms with Crippen LogP contribution in [0, 0.1) is 5.82 Å². The SMILES string of the molecule is COC(=O)c1ccc(CN(CCc2cccc(CN3CCN(C)CC3)c2)S(=O)O)c(F)c1. The molecule has 1 heterocycles. The van der Waals surface area contributed by atoms with Gasteiger partial charge in [-0.25, -0.2) is 13.4 Å². The molecule has 0 amide bonds. The predicted molar refractivity (Wildman–Crippen MR) is 122 cm³/mol. The molecule has 0 saturated carbocycles. The highest BCUT2D eigenvalue weighted by molar-refractivity contribution is 7.76. The average molecular weight is 464 g/mol. The van der Waals surface area contributed by atoms with Gasteiger partial charge in [0.25, 0.3) is 0 Å². The number of carbonyl (C=O) groups is 1. The first-order valence-electron chi connectivity index (χ1n) is 10.6. The molecule has 7 nitrogen and oxygen atoms in total. The van der Waals surface area contributed by atoms with E-state index in [1.807, 2.05) is 12.1 Å². The van der Waals surface area contributed by atoms with Crippen LogP contribution in [0.3, 0.4) is 0 Å². The van der Waals surface area contributed by atoms with Crippen LogP contribution < -0.4 is 0 Å². The first kappa shape index (κ1) is 24.5. The van der Waals surface area contributed by atoms with E-state index in [1.165, 1.54) is 29.1 Å². The Morgan fingerprint density at radius 3 is 2.53 bits per heavy atom. The predicted octanol–water partition coefficient (Wildman–Crippen LogP) is 2.54. The number of piperazine rings is 1. The van der Waals surface area contributed by atoms with E-state index in [2.05, 4.69) is 33.7 Å². The van der Waals surface area contributed by atoms with Crippen molar-refractivity contribution in [3.63, 3.8) is 0 Å². The molecule has 9 heteroatoms.